The molecule has 0 fully saturated rings. The summed E-state index contributed by atoms with van der Waals surface area (Å²) in [5.74, 6) is -3.17. The van der Waals surface area contributed by atoms with E-state index in [-0.39, 0.29) is 5.76 Å². The number of ether oxygens (including phenoxy) is 2. The maximum Gasteiger partial charge on any atom is 0.335 e. The van der Waals surface area contributed by atoms with Crippen molar-refractivity contribution in [3.63, 3.8) is 0 Å². The molecule has 16 heavy (non-hydrogen) atoms. The molecular weight excluding hydrogens is 216 g/mol. The second kappa shape index (κ2) is 5.11. The average molecular weight is 226 g/mol. The number of rotatable bonds is 3. The normalized spacial score (nSPS) is 9.94. The molecule has 86 valence electrons. The molecule has 0 atom stereocenters. The Kier molecular flexibility index (Phi) is 3.82. The summed E-state index contributed by atoms with van der Waals surface area (Å²) < 4.78 is 13.6. The van der Waals surface area contributed by atoms with E-state index in [1.54, 1.807) is 0 Å². The smallest absolute Gasteiger partial charge is 0.335 e. The second-order valence-corrected chi connectivity index (χ2v) is 2.83. The maximum absolute atomic E-state index is 11.3. The number of hydrogen-bond donors (Lipinski definition) is 0. The molecule has 0 aliphatic heterocycles. The van der Waals surface area contributed by atoms with Gasteiger partial charge in [-0.05, 0) is 6.07 Å². The SMILES string of the molecule is COC(=O)C(C(=O)OC)c1cccc(=O)o1. The average Bonchev–Trinajstić information content (AvgIpc) is 2.29. The van der Waals surface area contributed by atoms with Gasteiger partial charge in [0.2, 0.25) is 5.92 Å². The van der Waals surface area contributed by atoms with Crippen molar-refractivity contribution in [2.45, 2.75) is 5.92 Å². The Morgan fingerprint density at radius 2 is 1.75 bits per heavy atom. The van der Waals surface area contributed by atoms with Crippen LogP contribution in [0, 0.1) is 0 Å². The summed E-state index contributed by atoms with van der Waals surface area (Å²) in [6, 6.07) is 3.87. The molecule has 0 unspecified atom stereocenters. The summed E-state index contributed by atoms with van der Waals surface area (Å²) in [5, 5.41) is 0. The van der Waals surface area contributed by atoms with Gasteiger partial charge < -0.3 is 13.9 Å². The van der Waals surface area contributed by atoms with Crippen LogP contribution in [0.5, 0.6) is 0 Å². The van der Waals surface area contributed by atoms with Crippen molar-refractivity contribution in [2.75, 3.05) is 14.2 Å². The van der Waals surface area contributed by atoms with Crippen molar-refractivity contribution in [3.8, 4) is 0 Å². The zero-order chi connectivity index (χ0) is 12.1. The molecule has 0 amide bonds. The highest BCUT2D eigenvalue weighted by atomic mass is 16.5. The van der Waals surface area contributed by atoms with E-state index in [0.717, 1.165) is 20.3 Å². The molecule has 0 spiro atoms. The minimum absolute atomic E-state index is 0.105. The Morgan fingerprint density at radius 3 is 2.19 bits per heavy atom. The molecule has 0 N–H and O–H groups in total. The van der Waals surface area contributed by atoms with E-state index in [2.05, 4.69) is 9.47 Å². The molecule has 6 nitrogen and oxygen atoms in total. The number of methoxy groups -OCH3 is 2. The van der Waals surface area contributed by atoms with Crippen LogP contribution in [0.1, 0.15) is 11.7 Å². The van der Waals surface area contributed by atoms with Gasteiger partial charge in [-0.25, -0.2) is 4.79 Å². The highest BCUT2D eigenvalue weighted by Crippen LogP contribution is 2.17. The first-order valence-corrected chi connectivity index (χ1v) is 4.36. The lowest BCUT2D eigenvalue weighted by molar-refractivity contribution is -0.154. The molecule has 0 radical (unpaired) electrons. The van der Waals surface area contributed by atoms with Crippen LogP contribution in [0.25, 0.3) is 0 Å². The Hall–Kier alpha value is -2.11. The van der Waals surface area contributed by atoms with Crippen LogP contribution in [0.15, 0.2) is 27.4 Å². The topological polar surface area (TPSA) is 82.8 Å². The predicted octanol–water partition coefficient (Wildman–Crippen LogP) is 0.0694. The van der Waals surface area contributed by atoms with Crippen LogP contribution < -0.4 is 5.63 Å². The number of esters is 2. The summed E-state index contributed by atoms with van der Waals surface area (Å²) in [4.78, 5) is 33.6. The third-order valence-corrected chi connectivity index (χ3v) is 1.87. The van der Waals surface area contributed by atoms with Crippen LogP contribution in [0.4, 0.5) is 0 Å². The van der Waals surface area contributed by atoms with Gasteiger partial charge in [-0.1, -0.05) is 6.07 Å². The molecule has 1 rings (SSSR count). The van der Waals surface area contributed by atoms with Crippen molar-refractivity contribution in [1.29, 1.82) is 0 Å². The number of carbonyl (C=O) groups excluding carboxylic acids is 2. The van der Waals surface area contributed by atoms with E-state index in [1.807, 2.05) is 0 Å². The highest BCUT2D eigenvalue weighted by Gasteiger charge is 2.33. The lowest BCUT2D eigenvalue weighted by Crippen LogP contribution is -2.25. The first-order valence-electron chi connectivity index (χ1n) is 4.36. The van der Waals surface area contributed by atoms with E-state index in [4.69, 9.17) is 4.42 Å². The third kappa shape index (κ3) is 2.47. The largest absolute Gasteiger partial charge is 0.468 e. The lowest BCUT2D eigenvalue weighted by atomic mass is 10.1. The Morgan fingerprint density at radius 1 is 1.19 bits per heavy atom. The zero-order valence-electron chi connectivity index (χ0n) is 8.76. The molecule has 0 aliphatic carbocycles. The van der Waals surface area contributed by atoms with Gasteiger partial charge in [0.25, 0.3) is 0 Å². The first kappa shape index (κ1) is 12.0. The fraction of sp³-hybridized carbons (Fsp3) is 0.300. The van der Waals surface area contributed by atoms with Crippen molar-refractivity contribution in [3.05, 3.63) is 34.4 Å². The van der Waals surface area contributed by atoms with Crippen molar-refractivity contribution >= 4 is 11.9 Å². The molecule has 1 aromatic rings. The standard InChI is InChI=1S/C10H10O6/c1-14-9(12)8(10(13)15-2)6-4-3-5-7(11)16-6/h3-5,8H,1-2H3. The van der Waals surface area contributed by atoms with Gasteiger partial charge in [-0.2, -0.15) is 0 Å². The van der Waals surface area contributed by atoms with E-state index in [9.17, 15) is 14.4 Å². The van der Waals surface area contributed by atoms with Gasteiger partial charge >= 0.3 is 17.6 Å². The molecule has 0 saturated carbocycles. The minimum Gasteiger partial charge on any atom is -0.468 e. The molecule has 0 bridgehead atoms. The zero-order valence-corrected chi connectivity index (χ0v) is 8.76. The molecular formula is C10H10O6. The monoisotopic (exact) mass is 226 g/mol. The fourth-order valence-electron chi connectivity index (χ4n) is 1.13. The summed E-state index contributed by atoms with van der Waals surface area (Å²) >= 11 is 0. The van der Waals surface area contributed by atoms with Gasteiger partial charge in [-0.3, -0.25) is 9.59 Å². The van der Waals surface area contributed by atoms with Gasteiger partial charge in [-0.15, -0.1) is 0 Å². The summed E-state index contributed by atoms with van der Waals surface area (Å²) in [7, 11) is 2.25. The second-order valence-electron chi connectivity index (χ2n) is 2.83. The van der Waals surface area contributed by atoms with Crippen LogP contribution >= 0.6 is 0 Å². The van der Waals surface area contributed by atoms with Gasteiger partial charge in [0.05, 0.1) is 14.2 Å². The molecule has 1 heterocycles. The third-order valence-electron chi connectivity index (χ3n) is 1.87. The minimum atomic E-state index is -1.37. The Labute approximate surface area is 90.8 Å². The van der Waals surface area contributed by atoms with Crippen LogP contribution in [-0.4, -0.2) is 26.2 Å². The van der Waals surface area contributed by atoms with E-state index in [0.29, 0.717) is 0 Å². The van der Waals surface area contributed by atoms with Crippen molar-refractivity contribution < 1.29 is 23.5 Å². The van der Waals surface area contributed by atoms with E-state index < -0.39 is 23.5 Å². The number of carbonyl (C=O) groups is 2. The number of hydrogen-bond acceptors (Lipinski definition) is 6. The van der Waals surface area contributed by atoms with E-state index in [1.165, 1.54) is 12.1 Å². The van der Waals surface area contributed by atoms with Gasteiger partial charge in [0.1, 0.15) is 5.76 Å². The molecule has 1 aromatic heterocycles. The Bertz CT molecular complexity index is 431. The molecule has 6 heteroatoms. The first-order chi connectivity index (χ1) is 7.60. The quantitative estimate of drug-likeness (QED) is 0.535. The van der Waals surface area contributed by atoms with Crippen molar-refractivity contribution in [2.24, 2.45) is 0 Å². The van der Waals surface area contributed by atoms with Crippen molar-refractivity contribution in [1.82, 2.24) is 0 Å². The van der Waals surface area contributed by atoms with Crippen LogP contribution in [0.3, 0.4) is 0 Å². The van der Waals surface area contributed by atoms with Gasteiger partial charge in [0, 0.05) is 6.07 Å². The molecule has 0 saturated heterocycles. The van der Waals surface area contributed by atoms with Gasteiger partial charge in [0.15, 0.2) is 0 Å². The summed E-state index contributed by atoms with van der Waals surface area (Å²) in [6.45, 7) is 0. The molecule has 0 aliphatic rings. The summed E-state index contributed by atoms with van der Waals surface area (Å²) in [6.07, 6.45) is 0. The molecule has 0 aromatic carbocycles. The lowest BCUT2D eigenvalue weighted by Gasteiger charge is -2.10. The maximum atomic E-state index is 11.3. The predicted molar refractivity (Wildman–Crippen MR) is 51.8 cm³/mol. The van der Waals surface area contributed by atoms with Crippen LogP contribution in [0.2, 0.25) is 0 Å². The van der Waals surface area contributed by atoms with E-state index >= 15 is 0 Å². The fourth-order valence-corrected chi connectivity index (χ4v) is 1.13. The highest BCUT2D eigenvalue weighted by molar-refractivity contribution is 6.00. The Balaban J connectivity index is 3.16. The summed E-state index contributed by atoms with van der Waals surface area (Å²) in [5.41, 5.74) is -0.657. The van der Waals surface area contributed by atoms with Crippen LogP contribution in [-0.2, 0) is 19.1 Å².